The first-order valence-electron chi connectivity index (χ1n) is 9.34. The molecule has 0 saturated heterocycles. The van der Waals surface area contributed by atoms with Crippen LogP contribution in [0.5, 0.6) is 5.75 Å². The van der Waals surface area contributed by atoms with E-state index in [1.54, 1.807) is 48.5 Å². The quantitative estimate of drug-likeness (QED) is 0.258. The van der Waals surface area contributed by atoms with Crippen molar-refractivity contribution in [3.8, 4) is 5.75 Å². The molecule has 1 aromatic heterocycles. The summed E-state index contributed by atoms with van der Waals surface area (Å²) in [5, 5.41) is 19.1. The monoisotopic (exact) mass is 424 g/mol. The van der Waals surface area contributed by atoms with Crippen molar-refractivity contribution in [3.63, 3.8) is 0 Å². The molecule has 10 heteroatoms. The average Bonchev–Trinajstić information content (AvgIpc) is 3.31. The van der Waals surface area contributed by atoms with Crippen LogP contribution in [0.15, 0.2) is 71.3 Å². The van der Waals surface area contributed by atoms with Crippen LogP contribution in [0.25, 0.3) is 0 Å². The molecule has 0 bridgehead atoms. The molecule has 0 aliphatic heterocycles. The number of carbonyl (C=O) groups is 2. The maximum Gasteiger partial charge on any atom is 0.291 e. The number of amides is 2. The molecular weight excluding hydrogens is 404 g/mol. The number of ether oxygens (including phenoxy) is 1. The van der Waals surface area contributed by atoms with Crippen molar-refractivity contribution in [2.45, 2.75) is 0 Å². The van der Waals surface area contributed by atoms with Gasteiger partial charge in [-0.05, 0) is 36.4 Å². The van der Waals surface area contributed by atoms with E-state index in [9.17, 15) is 19.7 Å². The first-order valence-corrected chi connectivity index (χ1v) is 9.34. The molecule has 31 heavy (non-hydrogen) atoms. The molecule has 0 aliphatic carbocycles. The van der Waals surface area contributed by atoms with Crippen molar-refractivity contribution >= 4 is 28.9 Å². The summed E-state index contributed by atoms with van der Waals surface area (Å²) in [5.74, 6) is -0.0830. The first kappa shape index (κ1) is 21.4. The van der Waals surface area contributed by atoms with E-state index >= 15 is 0 Å². The van der Waals surface area contributed by atoms with Gasteiger partial charge >= 0.3 is 0 Å². The van der Waals surface area contributed by atoms with E-state index in [1.165, 1.54) is 18.4 Å². The van der Waals surface area contributed by atoms with Gasteiger partial charge in [0.2, 0.25) is 0 Å². The van der Waals surface area contributed by atoms with Gasteiger partial charge in [0.15, 0.2) is 12.4 Å². The molecule has 10 nitrogen and oxygen atoms in total. The number of anilines is 2. The molecule has 0 unspecified atom stereocenters. The lowest BCUT2D eigenvalue weighted by Gasteiger charge is -2.10. The summed E-state index contributed by atoms with van der Waals surface area (Å²) < 4.78 is 10.5. The van der Waals surface area contributed by atoms with Gasteiger partial charge in [-0.3, -0.25) is 19.7 Å². The third-order valence-corrected chi connectivity index (χ3v) is 4.06. The summed E-state index contributed by atoms with van der Waals surface area (Å²) in [5.41, 5.74) is 1.23. The topological polar surface area (TPSA) is 136 Å². The molecular formula is C21H20N4O6. The number of non-ortho nitro benzene ring substituents is 1. The van der Waals surface area contributed by atoms with Crippen LogP contribution in [-0.4, -0.2) is 36.4 Å². The number of rotatable bonds is 10. The highest BCUT2D eigenvalue weighted by Gasteiger charge is 2.09. The Bertz CT molecular complexity index is 1030. The summed E-state index contributed by atoms with van der Waals surface area (Å²) in [6.45, 7) is 0.601. The lowest BCUT2D eigenvalue weighted by molar-refractivity contribution is -0.384. The summed E-state index contributed by atoms with van der Waals surface area (Å²) in [6.07, 6.45) is 1.41. The van der Waals surface area contributed by atoms with Crippen molar-refractivity contribution in [1.82, 2.24) is 5.32 Å². The van der Waals surface area contributed by atoms with Crippen LogP contribution in [0.3, 0.4) is 0 Å². The Labute approximate surface area is 177 Å². The van der Waals surface area contributed by atoms with Crippen LogP contribution >= 0.6 is 0 Å². The Kier molecular flexibility index (Phi) is 7.20. The minimum absolute atomic E-state index is 0.0144. The summed E-state index contributed by atoms with van der Waals surface area (Å²) in [6, 6.07) is 15.8. The number of nitro groups is 1. The van der Waals surface area contributed by atoms with Gasteiger partial charge in [-0.2, -0.15) is 0 Å². The standard InChI is InChI=1S/C21H20N4O6/c26-20(23-11-10-22-15-6-8-17(9-7-15)25(28)29)14-31-18-4-1-3-16(13-18)24-21(27)19-5-2-12-30-19/h1-9,12-13,22H,10-11,14H2,(H,23,26)(H,24,27). The summed E-state index contributed by atoms with van der Waals surface area (Å²) in [7, 11) is 0. The Morgan fingerprint density at radius 2 is 1.81 bits per heavy atom. The van der Waals surface area contributed by atoms with E-state index in [2.05, 4.69) is 16.0 Å². The molecule has 2 amide bonds. The highest BCUT2D eigenvalue weighted by molar-refractivity contribution is 6.02. The van der Waals surface area contributed by atoms with E-state index in [0.717, 1.165) is 0 Å². The molecule has 0 aliphatic rings. The smallest absolute Gasteiger partial charge is 0.291 e. The predicted molar refractivity (Wildman–Crippen MR) is 113 cm³/mol. The van der Waals surface area contributed by atoms with Gasteiger partial charge in [-0.25, -0.2) is 0 Å². The van der Waals surface area contributed by atoms with Crippen molar-refractivity contribution < 1.29 is 23.7 Å². The zero-order chi connectivity index (χ0) is 22.1. The predicted octanol–water partition coefficient (Wildman–Crippen LogP) is 3.05. The molecule has 3 aromatic rings. The minimum atomic E-state index is -0.466. The number of hydrogen-bond acceptors (Lipinski definition) is 7. The molecule has 0 saturated carbocycles. The van der Waals surface area contributed by atoms with Crippen LogP contribution < -0.4 is 20.7 Å². The molecule has 3 N–H and O–H groups in total. The van der Waals surface area contributed by atoms with Gasteiger partial charge in [0.1, 0.15) is 5.75 Å². The molecule has 0 radical (unpaired) electrons. The van der Waals surface area contributed by atoms with E-state index in [-0.39, 0.29) is 29.9 Å². The highest BCUT2D eigenvalue weighted by atomic mass is 16.6. The molecule has 2 aromatic carbocycles. The van der Waals surface area contributed by atoms with Gasteiger partial charge in [0.25, 0.3) is 17.5 Å². The Hall–Kier alpha value is -4.34. The minimum Gasteiger partial charge on any atom is -0.484 e. The van der Waals surface area contributed by atoms with Crippen LogP contribution in [-0.2, 0) is 4.79 Å². The molecule has 0 spiro atoms. The molecule has 1 heterocycles. The zero-order valence-corrected chi connectivity index (χ0v) is 16.4. The molecule has 0 fully saturated rings. The third-order valence-electron chi connectivity index (χ3n) is 4.06. The van der Waals surface area contributed by atoms with Crippen molar-refractivity contribution in [3.05, 3.63) is 82.8 Å². The maximum atomic E-state index is 12.0. The normalized spacial score (nSPS) is 10.2. The second-order valence-electron chi connectivity index (χ2n) is 6.33. The second-order valence-corrected chi connectivity index (χ2v) is 6.33. The zero-order valence-electron chi connectivity index (χ0n) is 16.4. The third kappa shape index (κ3) is 6.60. The second kappa shape index (κ2) is 10.4. The van der Waals surface area contributed by atoms with Crippen LogP contribution in [0.4, 0.5) is 17.1 Å². The van der Waals surface area contributed by atoms with Gasteiger partial charge < -0.3 is 25.1 Å². The molecule has 160 valence electrons. The number of carbonyl (C=O) groups excluding carboxylic acids is 2. The van der Waals surface area contributed by atoms with E-state index < -0.39 is 4.92 Å². The van der Waals surface area contributed by atoms with E-state index in [0.29, 0.717) is 30.2 Å². The fraction of sp³-hybridized carbons (Fsp3) is 0.143. The maximum absolute atomic E-state index is 12.0. The fourth-order valence-electron chi connectivity index (χ4n) is 2.57. The fourth-order valence-corrected chi connectivity index (χ4v) is 2.57. The summed E-state index contributed by atoms with van der Waals surface area (Å²) >= 11 is 0. The van der Waals surface area contributed by atoms with Gasteiger partial charge in [-0.15, -0.1) is 0 Å². The van der Waals surface area contributed by atoms with Crippen molar-refractivity contribution in [2.24, 2.45) is 0 Å². The summed E-state index contributed by atoms with van der Waals surface area (Å²) in [4.78, 5) is 34.1. The lowest BCUT2D eigenvalue weighted by atomic mass is 10.3. The van der Waals surface area contributed by atoms with E-state index in [4.69, 9.17) is 9.15 Å². The van der Waals surface area contributed by atoms with Crippen LogP contribution in [0, 0.1) is 10.1 Å². The Balaban J connectivity index is 1.37. The Morgan fingerprint density at radius 3 is 2.52 bits per heavy atom. The van der Waals surface area contributed by atoms with Gasteiger partial charge in [0.05, 0.1) is 11.2 Å². The molecule has 0 atom stereocenters. The Morgan fingerprint density at radius 1 is 1.00 bits per heavy atom. The SMILES string of the molecule is O=C(COc1cccc(NC(=O)c2ccco2)c1)NCCNc1ccc([N+](=O)[O-])cc1. The van der Waals surface area contributed by atoms with E-state index in [1.807, 2.05) is 0 Å². The number of nitrogens with one attached hydrogen (secondary N) is 3. The number of nitrogens with zero attached hydrogens (tertiary/aromatic N) is 1. The van der Waals surface area contributed by atoms with Gasteiger partial charge in [-0.1, -0.05) is 6.07 Å². The van der Waals surface area contributed by atoms with Crippen molar-refractivity contribution in [1.29, 1.82) is 0 Å². The largest absolute Gasteiger partial charge is 0.484 e. The van der Waals surface area contributed by atoms with Gasteiger partial charge in [0, 0.05) is 42.7 Å². The number of furan rings is 1. The first-order chi connectivity index (χ1) is 15.0. The van der Waals surface area contributed by atoms with Crippen molar-refractivity contribution in [2.75, 3.05) is 30.3 Å². The number of nitro benzene ring substituents is 1. The lowest BCUT2D eigenvalue weighted by Crippen LogP contribution is -2.32. The van der Waals surface area contributed by atoms with Crippen LogP contribution in [0.1, 0.15) is 10.6 Å². The average molecular weight is 424 g/mol. The molecule has 3 rings (SSSR count). The number of hydrogen-bond donors (Lipinski definition) is 3. The highest BCUT2D eigenvalue weighted by Crippen LogP contribution is 2.18. The number of benzene rings is 2. The van der Waals surface area contributed by atoms with Crippen LogP contribution in [0.2, 0.25) is 0 Å².